The van der Waals surface area contributed by atoms with Crippen LogP contribution in [0.2, 0.25) is 0 Å². The first-order valence-electron chi connectivity index (χ1n) is 5.47. The predicted molar refractivity (Wildman–Crippen MR) is 77.1 cm³/mol. The Kier molecular flexibility index (Phi) is 3.69. The number of hydrogen-bond acceptors (Lipinski definition) is 2. The first-order valence-corrected chi connectivity index (χ1v) is 6.26. The summed E-state index contributed by atoms with van der Waals surface area (Å²) in [6, 6.07) is 16.4. The Bertz CT molecular complexity index is 497. The number of anilines is 2. The fourth-order valence-electron chi connectivity index (χ4n) is 1.72. The Morgan fingerprint density at radius 2 is 1.82 bits per heavy atom. The van der Waals surface area contributed by atoms with Crippen LogP contribution >= 0.6 is 15.9 Å². The monoisotopic (exact) mass is 290 g/mol. The predicted octanol–water partition coefficient (Wildman–Crippen LogP) is 3.67. The summed E-state index contributed by atoms with van der Waals surface area (Å²) in [5.74, 6) is 0. The molecule has 0 aliphatic carbocycles. The number of hydrogen-bond donors (Lipinski definition) is 1. The number of rotatable bonds is 3. The van der Waals surface area contributed by atoms with Gasteiger partial charge in [-0.15, -0.1) is 0 Å². The van der Waals surface area contributed by atoms with Crippen molar-refractivity contribution in [2.75, 3.05) is 17.7 Å². The first kappa shape index (κ1) is 12.0. The Morgan fingerprint density at radius 1 is 1.12 bits per heavy atom. The summed E-state index contributed by atoms with van der Waals surface area (Å²) in [5, 5.41) is 0. The molecule has 2 rings (SSSR count). The van der Waals surface area contributed by atoms with Gasteiger partial charge in [0.15, 0.2) is 0 Å². The van der Waals surface area contributed by atoms with E-state index in [2.05, 4.69) is 52.1 Å². The highest BCUT2D eigenvalue weighted by Gasteiger charge is 2.03. The molecule has 0 heterocycles. The number of nitrogens with zero attached hydrogens (tertiary/aromatic N) is 1. The van der Waals surface area contributed by atoms with E-state index in [1.54, 1.807) is 0 Å². The summed E-state index contributed by atoms with van der Waals surface area (Å²) in [6.45, 7) is 0.864. The third-order valence-electron chi connectivity index (χ3n) is 2.68. The van der Waals surface area contributed by atoms with Crippen molar-refractivity contribution in [3.05, 3.63) is 58.6 Å². The van der Waals surface area contributed by atoms with Gasteiger partial charge < -0.3 is 10.6 Å². The molecule has 0 aliphatic rings. The summed E-state index contributed by atoms with van der Waals surface area (Å²) in [7, 11) is 2.08. The molecule has 0 amide bonds. The average Bonchev–Trinajstić information content (AvgIpc) is 2.35. The van der Waals surface area contributed by atoms with E-state index in [0.29, 0.717) is 0 Å². The van der Waals surface area contributed by atoms with Gasteiger partial charge in [-0.2, -0.15) is 0 Å². The number of halogens is 1. The normalized spacial score (nSPS) is 10.2. The minimum Gasteiger partial charge on any atom is -0.398 e. The molecule has 0 unspecified atom stereocenters. The van der Waals surface area contributed by atoms with Crippen molar-refractivity contribution in [3.63, 3.8) is 0 Å². The molecule has 0 fully saturated rings. The van der Waals surface area contributed by atoms with Gasteiger partial charge in [-0.05, 0) is 45.8 Å². The number of para-hydroxylation sites is 1. The highest BCUT2D eigenvalue weighted by molar-refractivity contribution is 9.10. The SMILES string of the molecule is CN(Cc1ccc(N)c(Br)c1)c1ccccc1. The van der Waals surface area contributed by atoms with E-state index >= 15 is 0 Å². The van der Waals surface area contributed by atoms with Crippen LogP contribution in [0.3, 0.4) is 0 Å². The zero-order valence-electron chi connectivity index (χ0n) is 9.73. The van der Waals surface area contributed by atoms with Gasteiger partial charge in [0.1, 0.15) is 0 Å². The van der Waals surface area contributed by atoms with Gasteiger partial charge in [-0.3, -0.25) is 0 Å². The van der Waals surface area contributed by atoms with E-state index in [0.717, 1.165) is 16.7 Å². The molecule has 0 spiro atoms. The van der Waals surface area contributed by atoms with Crippen LogP contribution in [0.1, 0.15) is 5.56 Å². The zero-order valence-corrected chi connectivity index (χ0v) is 11.3. The molecule has 0 saturated heterocycles. The molecule has 2 N–H and O–H groups in total. The lowest BCUT2D eigenvalue weighted by molar-refractivity contribution is 0.922. The van der Waals surface area contributed by atoms with Gasteiger partial charge in [-0.1, -0.05) is 24.3 Å². The Balaban J connectivity index is 2.13. The minimum atomic E-state index is 0.774. The van der Waals surface area contributed by atoms with Crippen molar-refractivity contribution >= 4 is 27.3 Å². The third kappa shape index (κ3) is 3.01. The van der Waals surface area contributed by atoms with E-state index in [1.807, 2.05) is 24.3 Å². The van der Waals surface area contributed by atoms with E-state index in [9.17, 15) is 0 Å². The molecular formula is C14H15BrN2. The van der Waals surface area contributed by atoms with Gasteiger partial charge in [-0.25, -0.2) is 0 Å². The molecule has 2 aromatic carbocycles. The fraction of sp³-hybridized carbons (Fsp3) is 0.143. The van der Waals surface area contributed by atoms with E-state index in [1.165, 1.54) is 11.3 Å². The lowest BCUT2D eigenvalue weighted by atomic mass is 10.2. The number of nitrogens with two attached hydrogens (primary N) is 1. The summed E-state index contributed by atoms with van der Waals surface area (Å²) in [6.07, 6.45) is 0. The summed E-state index contributed by atoms with van der Waals surface area (Å²) < 4.78 is 0.955. The summed E-state index contributed by atoms with van der Waals surface area (Å²) in [4.78, 5) is 2.21. The Labute approximate surface area is 110 Å². The Morgan fingerprint density at radius 3 is 2.47 bits per heavy atom. The van der Waals surface area contributed by atoms with Crippen molar-refractivity contribution in [2.45, 2.75) is 6.54 Å². The maximum absolute atomic E-state index is 5.77. The van der Waals surface area contributed by atoms with Crippen LogP contribution in [0, 0.1) is 0 Å². The summed E-state index contributed by atoms with van der Waals surface area (Å²) >= 11 is 3.45. The van der Waals surface area contributed by atoms with E-state index in [-0.39, 0.29) is 0 Å². The van der Waals surface area contributed by atoms with E-state index in [4.69, 9.17) is 5.73 Å². The zero-order chi connectivity index (χ0) is 12.3. The third-order valence-corrected chi connectivity index (χ3v) is 3.37. The molecule has 0 aliphatic heterocycles. The second kappa shape index (κ2) is 5.23. The maximum Gasteiger partial charge on any atom is 0.0458 e. The maximum atomic E-state index is 5.77. The number of benzene rings is 2. The number of nitrogen functional groups attached to an aromatic ring is 1. The van der Waals surface area contributed by atoms with Crippen molar-refractivity contribution in [1.29, 1.82) is 0 Å². The lowest BCUT2D eigenvalue weighted by Crippen LogP contribution is -2.16. The van der Waals surface area contributed by atoms with Crippen LogP contribution in [-0.4, -0.2) is 7.05 Å². The topological polar surface area (TPSA) is 29.3 Å². The van der Waals surface area contributed by atoms with Gasteiger partial charge in [0, 0.05) is 29.4 Å². The fourth-order valence-corrected chi connectivity index (χ4v) is 2.14. The van der Waals surface area contributed by atoms with Gasteiger partial charge in [0.2, 0.25) is 0 Å². The molecule has 0 atom stereocenters. The minimum absolute atomic E-state index is 0.774. The first-order chi connectivity index (χ1) is 8.16. The van der Waals surface area contributed by atoms with Crippen LogP contribution in [0.4, 0.5) is 11.4 Å². The highest BCUT2D eigenvalue weighted by Crippen LogP contribution is 2.22. The molecular weight excluding hydrogens is 276 g/mol. The van der Waals surface area contributed by atoms with Gasteiger partial charge in [0.25, 0.3) is 0 Å². The molecule has 0 bridgehead atoms. The van der Waals surface area contributed by atoms with Crippen LogP contribution < -0.4 is 10.6 Å². The van der Waals surface area contributed by atoms with Crippen LogP contribution in [0.25, 0.3) is 0 Å². The van der Waals surface area contributed by atoms with Gasteiger partial charge in [0.05, 0.1) is 0 Å². The molecule has 2 aromatic rings. The van der Waals surface area contributed by atoms with Gasteiger partial charge >= 0.3 is 0 Å². The Hall–Kier alpha value is -1.48. The molecule has 2 nitrogen and oxygen atoms in total. The highest BCUT2D eigenvalue weighted by atomic mass is 79.9. The van der Waals surface area contributed by atoms with Crippen LogP contribution in [0.5, 0.6) is 0 Å². The standard InChI is InChI=1S/C14H15BrN2/c1-17(12-5-3-2-4-6-12)10-11-7-8-14(16)13(15)9-11/h2-9H,10,16H2,1H3. The van der Waals surface area contributed by atoms with Crippen molar-refractivity contribution < 1.29 is 0 Å². The van der Waals surface area contributed by atoms with Crippen molar-refractivity contribution in [3.8, 4) is 0 Å². The lowest BCUT2D eigenvalue weighted by Gasteiger charge is -2.19. The van der Waals surface area contributed by atoms with E-state index < -0.39 is 0 Å². The van der Waals surface area contributed by atoms with Crippen molar-refractivity contribution in [1.82, 2.24) is 0 Å². The molecule has 0 saturated carbocycles. The molecule has 17 heavy (non-hydrogen) atoms. The second-order valence-electron chi connectivity index (χ2n) is 4.05. The average molecular weight is 291 g/mol. The largest absolute Gasteiger partial charge is 0.398 e. The molecule has 0 radical (unpaired) electrons. The molecule has 3 heteroatoms. The summed E-state index contributed by atoms with van der Waals surface area (Å²) in [5.41, 5.74) is 8.99. The quantitative estimate of drug-likeness (QED) is 0.874. The molecule has 0 aromatic heterocycles. The smallest absolute Gasteiger partial charge is 0.0458 e. The molecule has 88 valence electrons. The second-order valence-corrected chi connectivity index (χ2v) is 4.90. The van der Waals surface area contributed by atoms with Crippen molar-refractivity contribution in [2.24, 2.45) is 0 Å². The van der Waals surface area contributed by atoms with Crippen LogP contribution in [-0.2, 0) is 6.54 Å². The van der Waals surface area contributed by atoms with Crippen LogP contribution in [0.15, 0.2) is 53.0 Å².